The van der Waals surface area contributed by atoms with Gasteiger partial charge in [-0.25, -0.2) is 8.42 Å². The van der Waals surface area contributed by atoms with E-state index in [1.807, 2.05) is 30.3 Å². The Bertz CT molecular complexity index is 1180. The van der Waals surface area contributed by atoms with Gasteiger partial charge in [0, 0.05) is 11.7 Å². The molecule has 2 atom stereocenters. The zero-order chi connectivity index (χ0) is 23.6. The highest BCUT2D eigenvalue weighted by atomic mass is 32.2. The molecule has 176 valence electrons. The van der Waals surface area contributed by atoms with Crippen LogP contribution in [0.2, 0.25) is 6.32 Å². The molecule has 0 saturated carbocycles. The van der Waals surface area contributed by atoms with Crippen LogP contribution in [0.5, 0.6) is 5.75 Å². The maximum atomic E-state index is 12.8. The second-order valence-electron chi connectivity index (χ2n) is 9.23. The fraction of sp³-hybridized carbons (Fsp3) is 0.462. The monoisotopic (exact) mass is 468 g/mol. The van der Waals surface area contributed by atoms with Gasteiger partial charge in [0.25, 0.3) is 0 Å². The first-order chi connectivity index (χ1) is 15.8. The highest BCUT2D eigenvalue weighted by molar-refractivity contribution is 7.92. The van der Waals surface area contributed by atoms with Crippen LogP contribution in [0.1, 0.15) is 57.9 Å². The molecule has 0 spiro atoms. The summed E-state index contributed by atoms with van der Waals surface area (Å²) < 4.78 is 31.4. The average molecular weight is 468 g/mol. The van der Waals surface area contributed by atoms with E-state index >= 15 is 0 Å². The van der Waals surface area contributed by atoms with Crippen molar-refractivity contribution in [2.45, 2.75) is 70.0 Å². The number of allylic oxidation sites excluding steroid dienone is 1. The Morgan fingerprint density at radius 1 is 1.12 bits per heavy atom. The molecular formula is C26H33BO5S. The van der Waals surface area contributed by atoms with E-state index in [1.165, 1.54) is 5.57 Å². The van der Waals surface area contributed by atoms with E-state index in [-0.39, 0.29) is 23.9 Å². The SMILES string of the molecule is CCCC1=C2[C@@H](CC/C(=C/c3ccc(O)c4ccccc34)CCC)OB(O)C[C@@H]2S(=O)(=O)C1. The van der Waals surface area contributed by atoms with E-state index in [4.69, 9.17) is 4.65 Å². The number of fused-ring (bicyclic) bond motifs is 2. The van der Waals surface area contributed by atoms with Crippen molar-refractivity contribution >= 4 is 33.8 Å². The third-order valence-corrected chi connectivity index (χ3v) is 8.86. The number of sulfone groups is 1. The molecule has 0 aliphatic carbocycles. The normalized spacial score (nSPS) is 22.8. The summed E-state index contributed by atoms with van der Waals surface area (Å²) in [6.45, 7) is 4.20. The van der Waals surface area contributed by atoms with Crippen LogP contribution < -0.4 is 0 Å². The molecule has 2 aromatic carbocycles. The van der Waals surface area contributed by atoms with Gasteiger partial charge in [-0.15, -0.1) is 0 Å². The topological polar surface area (TPSA) is 83.8 Å². The quantitative estimate of drug-likeness (QED) is 0.407. The van der Waals surface area contributed by atoms with Crippen LogP contribution in [0.3, 0.4) is 0 Å². The van der Waals surface area contributed by atoms with Gasteiger partial charge in [0.15, 0.2) is 9.84 Å². The predicted octanol–water partition coefficient (Wildman–Crippen LogP) is 5.28. The smallest absolute Gasteiger partial charge is 0.456 e. The molecule has 0 unspecified atom stereocenters. The van der Waals surface area contributed by atoms with Gasteiger partial charge in [0.1, 0.15) is 5.75 Å². The van der Waals surface area contributed by atoms with Crippen LogP contribution in [0.25, 0.3) is 16.8 Å². The summed E-state index contributed by atoms with van der Waals surface area (Å²) in [5, 5.41) is 21.7. The number of phenols is 1. The Kier molecular flexibility index (Phi) is 7.32. The molecule has 1 fully saturated rings. The van der Waals surface area contributed by atoms with Crippen LogP contribution in [0, 0.1) is 0 Å². The first kappa shape index (κ1) is 24.1. The van der Waals surface area contributed by atoms with Crippen LogP contribution in [0.15, 0.2) is 53.1 Å². The first-order valence-corrected chi connectivity index (χ1v) is 13.7. The number of aromatic hydroxyl groups is 1. The fourth-order valence-electron chi connectivity index (χ4n) is 5.36. The van der Waals surface area contributed by atoms with E-state index < -0.39 is 22.2 Å². The Labute approximate surface area is 197 Å². The van der Waals surface area contributed by atoms with Crippen molar-refractivity contribution in [2.24, 2.45) is 0 Å². The summed E-state index contributed by atoms with van der Waals surface area (Å²) in [7, 11) is -4.30. The molecule has 7 heteroatoms. The molecule has 2 N–H and O–H groups in total. The molecule has 2 aliphatic heterocycles. The number of phenolic OH excluding ortho intramolecular Hbond substituents is 1. The molecule has 2 heterocycles. The molecule has 4 rings (SSSR count). The van der Waals surface area contributed by atoms with Crippen molar-refractivity contribution in [3.63, 3.8) is 0 Å². The Hall–Kier alpha value is -2.09. The number of hydrogen-bond acceptors (Lipinski definition) is 5. The minimum atomic E-state index is -3.26. The first-order valence-electron chi connectivity index (χ1n) is 12.0. The molecule has 0 aromatic heterocycles. The number of hydrogen-bond donors (Lipinski definition) is 2. The van der Waals surface area contributed by atoms with Gasteiger partial charge in [-0.1, -0.05) is 74.2 Å². The molecule has 0 bridgehead atoms. The lowest BCUT2D eigenvalue weighted by Crippen LogP contribution is -2.41. The van der Waals surface area contributed by atoms with Crippen molar-refractivity contribution in [2.75, 3.05) is 5.75 Å². The van der Waals surface area contributed by atoms with Crippen LogP contribution in [-0.4, -0.2) is 42.8 Å². The third kappa shape index (κ3) is 5.05. The molecule has 33 heavy (non-hydrogen) atoms. The van der Waals surface area contributed by atoms with Gasteiger partial charge in [-0.05, 0) is 48.3 Å². The van der Waals surface area contributed by atoms with Gasteiger partial charge >= 0.3 is 7.12 Å². The summed E-state index contributed by atoms with van der Waals surface area (Å²) in [5.74, 6) is 0.373. The van der Waals surface area contributed by atoms with Crippen molar-refractivity contribution in [1.82, 2.24) is 0 Å². The van der Waals surface area contributed by atoms with E-state index in [0.29, 0.717) is 6.42 Å². The molecule has 5 nitrogen and oxygen atoms in total. The largest absolute Gasteiger partial charge is 0.507 e. The van der Waals surface area contributed by atoms with Gasteiger partial charge in [0.05, 0.1) is 17.1 Å². The Morgan fingerprint density at radius 2 is 1.88 bits per heavy atom. The highest BCUT2D eigenvalue weighted by Crippen LogP contribution is 2.41. The zero-order valence-corrected chi connectivity index (χ0v) is 20.3. The lowest BCUT2D eigenvalue weighted by atomic mass is 9.74. The van der Waals surface area contributed by atoms with Crippen LogP contribution in [0.4, 0.5) is 0 Å². The lowest BCUT2D eigenvalue weighted by molar-refractivity contribution is 0.169. The standard InChI is InChI=1S/C26H33BO5S/c1-3-7-18(15-19-12-13-23(28)22-10-6-5-9-21(19)22)11-14-24-26-20(8-4-2)17-33(30,31)25(26)16-27(29)32-24/h5-6,9-10,12-13,15,24-25,28-29H,3-4,7-8,11,14,16-17H2,1-2H3/b18-15+/t24-,25+/m1/s1. The second kappa shape index (κ2) is 10.0. The fourth-order valence-corrected chi connectivity index (χ4v) is 7.52. The van der Waals surface area contributed by atoms with Crippen molar-refractivity contribution in [3.8, 4) is 5.75 Å². The van der Waals surface area contributed by atoms with Crippen molar-refractivity contribution in [1.29, 1.82) is 0 Å². The molecule has 0 amide bonds. The number of benzene rings is 2. The van der Waals surface area contributed by atoms with Crippen LogP contribution >= 0.6 is 0 Å². The minimum Gasteiger partial charge on any atom is -0.507 e. The van der Waals surface area contributed by atoms with Gasteiger partial charge in [-0.3, -0.25) is 0 Å². The maximum absolute atomic E-state index is 12.8. The summed E-state index contributed by atoms with van der Waals surface area (Å²) in [4.78, 5) is 0. The Morgan fingerprint density at radius 3 is 2.61 bits per heavy atom. The van der Waals surface area contributed by atoms with Gasteiger partial charge in [0.2, 0.25) is 0 Å². The van der Waals surface area contributed by atoms with Gasteiger partial charge in [-0.2, -0.15) is 0 Å². The molecule has 1 saturated heterocycles. The van der Waals surface area contributed by atoms with E-state index in [9.17, 15) is 18.5 Å². The van der Waals surface area contributed by atoms with E-state index in [2.05, 4.69) is 19.9 Å². The van der Waals surface area contributed by atoms with Crippen molar-refractivity contribution < 1.29 is 23.2 Å². The Balaban J connectivity index is 1.62. The van der Waals surface area contributed by atoms with E-state index in [0.717, 1.165) is 59.6 Å². The summed E-state index contributed by atoms with van der Waals surface area (Å²) in [5.41, 5.74) is 4.22. The molecule has 2 aliphatic rings. The molecule has 2 aromatic rings. The summed E-state index contributed by atoms with van der Waals surface area (Å²) in [6.07, 6.45) is 6.94. The average Bonchev–Trinajstić information content (AvgIpc) is 3.04. The third-order valence-electron chi connectivity index (χ3n) is 6.79. The zero-order valence-electron chi connectivity index (χ0n) is 19.5. The highest BCUT2D eigenvalue weighted by Gasteiger charge is 2.48. The predicted molar refractivity (Wildman–Crippen MR) is 135 cm³/mol. The maximum Gasteiger partial charge on any atom is 0.456 e. The van der Waals surface area contributed by atoms with E-state index in [1.54, 1.807) is 6.07 Å². The molecular weight excluding hydrogens is 435 g/mol. The van der Waals surface area contributed by atoms with Crippen LogP contribution in [-0.2, 0) is 14.5 Å². The minimum absolute atomic E-state index is 0.102. The lowest BCUT2D eigenvalue weighted by Gasteiger charge is -2.32. The summed E-state index contributed by atoms with van der Waals surface area (Å²) >= 11 is 0. The summed E-state index contributed by atoms with van der Waals surface area (Å²) in [6, 6.07) is 11.5. The molecule has 0 radical (unpaired) electrons. The van der Waals surface area contributed by atoms with Gasteiger partial charge < -0.3 is 14.8 Å². The second-order valence-corrected chi connectivity index (χ2v) is 11.4. The number of rotatable bonds is 8. The van der Waals surface area contributed by atoms with Crippen molar-refractivity contribution in [3.05, 3.63) is 58.7 Å².